The molecule has 0 atom stereocenters. The number of rotatable bonds is 5. The molecule has 2 rings (SSSR count). The molecule has 21 heavy (non-hydrogen) atoms. The van der Waals surface area contributed by atoms with E-state index in [4.69, 9.17) is 4.74 Å². The largest absolute Gasteiger partial charge is 1.00 e. The second-order valence-electron chi connectivity index (χ2n) is 4.83. The fourth-order valence-corrected chi connectivity index (χ4v) is 2.35. The van der Waals surface area contributed by atoms with Crippen LogP contribution < -0.4 is 61.6 Å². The van der Waals surface area contributed by atoms with Crippen LogP contribution in [0.2, 0.25) is 0 Å². The van der Waals surface area contributed by atoms with Gasteiger partial charge in [0, 0.05) is 0 Å². The van der Waals surface area contributed by atoms with Crippen molar-refractivity contribution in [2.75, 3.05) is 0 Å². The Kier molecular flexibility index (Phi) is 7.27. The van der Waals surface area contributed by atoms with Gasteiger partial charge in [0.15, 0.2) is 0 Å². The maximum absolute atomic E-state index is 13.4. The molecule has 0 aliphatic rings. The molecule has 2 aromatic carbocycles. The second-order valence-corrected chi connectivity index (χ2v) is 4.83. The number of hydrogen-bond donors (Lipinski definition) is 0. The van der Waals surface area contributed by atoms with Crippen molar-refractivity contribution >= 4 is 23.2 Å². The first-order valence-corrected chi connectivity index (χ1v) is 6.85. The Morgan fingerprint density at radius 3 is 2.19 bits per heavy atom. The van der Waals surface area contributed by atoms with Gasteiger partial charge in [-0.25, -0.2) is 0 Å². The van der Waals surface area contributed by atoms with Gasteiger partial charge in [0.25, 0.3) is 0 Å². The molecule has 0 saturated heterocycles. The van der Waals surface area contributed by atoms with Gasteiger partial charge >= 0.3 is 58.4 Å². The van der Waals surface area contributed by atoms with Crippen molar-refractivity contribution in [3.8, 4) is 5.75 Å². The molecule has 1 nitrogen and oxygen atoms in total. The van der Waals surface area contributed by atoms with Crippen LogP contribution in [-0.4, -0.2) is 13.1 Å². The minimum atomic E-state index is -5.12. The van der Waals surface area contributed by atoms with Crippen molar-refractivity contribution < 1.29 is 69.1 Å². The third-order valence-corrected chi connectivity index (χ3v) is 3.46. The van der Waals surface area contributed by atoms with Crippen molar-refractivity contribution in [2.24, 2.45) is 0 Å². The van der Waals surface area contributed by atoms with Crippen LogP contribution in [0.15, 0.2) is 36.4 Å². The molecule has 0 aliphatic carbocycles. The van der Waals surface area contributed by atoms with E-state index >= 15 is 0 Å². The van der Waals surface area contributed by atoms with Gasteiger partial charge in [-0.05, 0) is 29.7 Å². The monoisotopic (exact) mass is 320 g/mol. The Labute approximate surface area is 165 Å². The van der Waals surface area contributed by atoms with Gasteiger partial charge in [-0.1, -0.05) is 49.6 Å². The summed E-state index contributed by atoms with van der Waals surface area (Å²) < 4.78 is 45.8. The average molecular weight is 320 g/mol. The zero-order valence-corrected chi connectivity index (χ0v) is 15.7. The molecule has 0 aromatic heterocycles. The Morgan fingerprint density at radius 2 is 1.62 bits per heavy atom. The number of fused-ring (bicyclic) bond motifs is 1. The van der Waals surface area contributed by atoms with Gasteiger partial charge in [0.2, 0.25) is 0 Å². The number of halogens is 3. The third-order valence-electron chi connectivity index (χ3n) is 3.46. The maximum Gasteiger partial charge on any atom is 1.00 e. The smallest absolute Gasteiger partial charge is 0.493 e. The summed E-state index contributed by atoms with van der Waals surface area (Å²) in [6.45, 7) is -1.30. The van der Waals surface area contributed by atoms with Crippen LogP contribution in [0.5, 0.6) is 5.75 Å². The quantitative estimate of drug-likeness (QED) is 0.758. The van der Waals surface area contributed by atoms with Crippen molar-refractivity contribution in [1.82, 2.24) is 0 Å². The molecule has 0 amide bonds. The van der Waals surface area contributed by atoms with E-state index in [-0.39, 0.29) is 68.6 Å². The van der Waals surface area contributed by atoms with Gasteiger partial charge in [0.1, 0.15) is 0 Å². The molecule has 0 aliphatic heterocycles. The molecule has 0 unspecified atom stereocenters. The van der Waals surface area contributed by atoms with Crippen LogP contribution in [0, 0.1) is 0 Å². The molecule has 0 N–H and O–H groups in total. The summed E-state index contributed by atoms with van der Waals surface area (Å²) >= 11 is 0. The Morgan fingerprint density at radius 1 is 1.00 bits per heavy atom. The zero-order valence-electron chi connectivity index (χ0n) is 12.6. The SMILES string of the molecule is CCC(CC)Oc1ccc2ccccc2c1[B-](F)(F)F.[K+]. The van der Waals surface area contributed by atoms with E-state index in [9.17, 15) is 12.9 Å². The van der Waals surface area contributed by atoms with Crippen LogP contribution in [0.1, 0.15) is 26.7 Å². The molecule has 0 heterocycles. The molecule has 108 valence electrons. The van der Waals surface area contributed by atoms with Gasteiger partial charge in [-0.2, -0.15) is 0 Å². The molecule has 0 saturated carbocycles. The second kappa shape index (κ2) is 8.02. The van der Waals surface area contributed by atoms with Crippen molar-refractivity contribution in [1.29, 1.82) is 0 Å². The fraction of sp³-hybridized carbons (Fsp3) is 0.333. The van der Waals surface area contributed by atoms with Crippen LogP contribution in [0.3, 0.4) is 0 Å². The molecule has 0 radical (unpaired) electrons. The van der Waals surface area contributed by atoms with E-state index in [1.807, 2.05) is 13.8 Å². The van der Waals surface area contributed by atoms with E-state index in [2.05, 4.69) is 0 Å². The molecular formula is C15H17BF3KO. The number of benzene rings is 2. The summed E-state index contributed by atoms with van der Waals surface area (Å²) in [4.78, 5) is 0. The molecule has 6 heteroatoms. The first-order chi connectivity index (χ1) is 9.47. The van der Waals surface area contributed by atoms with Gasteiger partial charge < -0.3 is 17.7 Å². The number of hydrogen-bond acceptors (Lipinski definition) is 1. The van der Waals surface area contributed by atoms with E-state index in [1.165, 1.54) is 12.1 Å². The molecule has 0 fully saturated rings. The molecule has 2 aromatic rings. The fourth-order valence-electron chi connectivity index (χ4n) is 2.35. The normalized spacial score (nSPS) is 11.5. The Balaban J connectivity index is 0.00000220. The summed E-state index contributed by atoms with van der Waals surface area (Å²) in [5.74, 6) is -0.0510. The van der Waals surface area contributed by atoms with Gasteiger partial charge in [0.05, 0.1) is 11.9 Å². The van der Waals surface area contributed by atoms with Gasteiger partial charge in [-0.15, -0.1) is 0 Å². The first-order valence-electron chi connectivity index (χ1n) is 6.85. The minimum absolute atomic E-state index is 0. The number of ether oxygens (including phenoxy) is 1. The van der Waals surface area contributed by atoms with Gasteiger partial charge in [-0.3, -0.25) is 0 Å². The Bertz CT molecular complexity index is 597. The summed E-state index contributed by atoms with van der Waals surface area (Å²) in [6.07, 6.45) is 1.19. The van der Waals surface area contributed by atoms with Crippen molar-refractivity contribution in [2.45, 2.75) is 32.8 Å². The summed E-state index contributed by atoms with van der Waals surface area (Å²) in [6, 6.07) is 9.65. The summed E-state index contributed by atoms with van der Waals surface area (Å²) in [5, 5.41) is 0.794. The Hall–Kier alpha value is -0.00870. The van der Waals surface area contributed by atoms with E-state index in [1.54, 1.807) is 24.3 Å². The topological polar surface area (TPSA) is 9.23 Å². The predicted octanol–water partition coefficient (Wildman–Crippen LogP) is 1.47. The predicted molar refractivity (Wildman–Crippen MR) is 77.7 cm³/mol. The van der Waals surface area contributed by atoms with E-state index < -0.39 is 12.4 Å². The third kappa shape index (κ3) is 4.48. The maximum atomic E-state index is 13.4. The average Bonchev–Trinajstić information content (AvgIpc) is 2.42. The van der Waals surface area contributed by atoms with Crippen LogP contribution >= 0.6 is 0 Å². The summed E-state index contributed by atoms with van der Waals surface area (Å²) in [7, 11) is 0. The van der Waals surface area contributed by atoms with E-state index in [0.717, 1.165) is 0 Å². The van der Waals surface area contributed by atoms with Crippen molar-refractivity contribution in [3.05, 3.63) is 36.4 Å². The van der Waals surface area contributed by atoms with Crippen LogP contribution in [-0.2, 0) is 0 Å². The van der Waals surface area contributed by atoms with E-state index in [0.29, 0.717) is 18.2 Å². The van der Waals surface area contributed by atoms with Crippen LogP contribution in [0.25, 0.3) is 10.8 Å². The molecule has 0 bridgehead atoms. The van der Waals surface area contributed by atoms with Crippen LogP contribution in [0.4, 0.5) is 12.9 Å². The molecular weight excluding hydrogens is 303 g/mol. The first kappa shape index (κ1) is 19.0. The van der Waals surface area contributed by atoms with Crippen molar-refractivity contribution in [3.63, 3.8) is 0 Å². The standard InChI is InChI=1S/C15H17BF3O.K/c1-3-12(4-2)20-14-10-9-11-7-5-6-8-13(11)15(14)16(17,18)19;/h5-10,12H,3-4H2,1-2H3;/q-1;+1. The summed E-state index contributed by atoms with van der Waals surface area (Å²) in [5.41, 5.74) is -0.616. The minimum Gasteiger partial charge on any atom is -0.493 e. The molecule has 0 spiro atoms. The zero-order chi connectivity index (χ0) is 14.8.